The fourth-order valence-corrected chi connectivity index (χ4v) is 2.76. The number of aliphatic hydroxyl groups is 1. The van der Waals surface area contributed by atoms with Crippen LogP contribution in [0.25, 0.3) is 11.3 Å². The molecule has 0 aliphatic heterocycles. The molecule has 0 atom stereocenters. The smallest absolute Gasteiger partial charge is 0.255 e. The highest BCUT2D eigenvalue weighted by molar-refractivity contribution is 6.42. The summed E-state index contributed by atoms with van der Waals surface area (Å²) in [6, 6.07) is 13.8. The lowest BCUT2D eigenvalue weighted by molar-refractivity contribution is 0.102. The van der Waals surface area contributed by atoms with Gasteiger partial charge in [0.05, 0.1) is 10.0 Å². The van der Waals surface area contributed by atoms with Crippen LogP contribution in [0.2, 0.25) is 10.0 Å². The summed E-state index contributed by atoms with van der Waals surface area (Å²) in [6.07, 6.45) is 0. The number of hydrogen-bond donors (Lipinski definition) is 2. The average molecular weight is 376 g/mol. The van der Waals surface area contributed by atoms with E-state index in [1.165, 1.54) is 6.07 Å². The molecule has 6 heteroatoms. The maximum absolute atomic E-state index is 12.3. The van der Waals surface area contributed by atoms with E-state index < -0.39 is 0 Å². The molecule has 4 nitrogen and oxygen atoms in total. The number of aryl methyl sites for hydroxylation is 1. The molecule has 0 aliphatic rings. The second-order valence-corrected chi connectivity index (χ2v) is 6.35. The van der Waals surface area contributed by atoms with Gasteiger partial charge in [0, 0.05) is 16.8 Å². The molecule has 0 aliphatic carbocycles. The number of anilines is 1. The van der Waals surface area contributed by atoms with Gasteiger partial charge in [-0.3, -0.25) is 4.79 Å². The van der Waals surface area contributed by atoms with Gasteiger partial charge in [-0.2, -0.15) is 0 Å². The third-order valence-corrected chi connectivity index (χ3v) is 4.49. The van der Waals surface area contributed by atoms with Crippen molar-refractivity contribution in [3.63, 3.8) is 0 Å². The summed E-state index contributed by atoms with van der Waals surface area (Å²) in [5, 5.41) is 12.7. The van der Waals surface area contributed by atoms with E-state index in [-0.39, 0.29) is 12.5 Å². The number of furan rings is 1. The quantitative estimate of drug-likeness (QED) is 0.649. The number of aliphatic hydroxyl groups excluding tert-OH is 1. The van der Waals surface area contributed by atoms with Gasteiger partial charge in [-0.1, -0.05) is 23.2 Å². The molecule has 0 saturated heterocycles. The summed E-state index contributed by atoms with van der Waals surface area (Å²) in [5.41, 5.74) is 2.92. The van der Waals surface area contributed by atoms with Crippen LogP contribution >= 0.6 is 23.2 Å². The van der Waals surface area contributed by atoms with Gasteiger partial charge >= 0.3 is 0 Å². The molecule has 1 aromatic heterocycles. The molecule has 0 bridgehead atoms. The van der Waals surface area contributed by atoms with Crippen molar-refractivity contribution >= 4 is 34.8 Å². The normalized spacial score (nSPS) is 10.7. The topological polar surface area (TPSA) is 62.5 Å². The van der Waals surface area contributed by atoms with Crippen LogP contribution in [0.3, 0.4) is 0 Å². The number of hydrogen-bond acceptors (Lipinski definition) is 3. The van der Waals surface area contributed by atoms with Crippen LogP contribution in [0.1, 0.15) is 21.7 Å². The number of carbonyl (C=O) groups excluding carboxylic acids is 1. The largest absolute Gasteiger partial charge is 0.459 e. The van der Waals surface area contributed by atoms with Crippen LogP contribution in [0, 0.1) is 6.92 Å². The Morgan fingerprint density at radius 3 is 2.52 bits per heavy atom. The van der Waals surface area contributed by atoms with E-state index in [9.17, 15) is 4.79 Å². The van der Waals surface area contributed by atoms with Crippen LogP contribution in [0.15, 0.2) is 52.9 Å². The molecule has 2 N–H and O–H groups in total. The van der Waals surface area contributed by atoms with Crippen molar-refractivity contribution in [3.05, 3.63) is 75.5 Å². The Kier molecular flexibility index (Phi) is 5.13. The number of halogens is 2. The number of carbonyl (C=O) groups is 1. The van der Waals surface area contributed by atoms with Crippen molar-refractivity contribution in [3.8, 4) is 11.3 Å². The fourth-order valence-electron chi connectivity index (χ4n) is 2.47. The standard InChI is InChI=1S/C19H15Cl2NO3/c1-11-8-13(3-5-15(11)18-7-4-14(10-23)25-18)22-19(24)12-2-6-16(20)17(21)9-12/h2-9,23H,10H2,1H3,(H,22,24). The van der Waals surface area contributed by atoms with Gasteiger partial charge in [-0.05, 0) is 61.0 Å². The molecule has 3 rings (SSSR count). The SMILES string of the molecule is Cc1cc(NC(=O)c2ccc(Cl)c(Cl)c2)ccc1-c1ccc(CO)o1. The first-order chi connectivity index (χ1) is 12.0. The third kappa shape index (κ3) is 3.87. The minimum atomic E-state index is -0.272. The summed E-state index contributed by atoms with van der Waals surface area (Å²) in [4.78, 5) is 12.3. The summed E-state index contributed by atoms with van der Waals surface area (Å²) in [6.45, 7) is 1.78. The van der Waals surface area contributed by atoms with Gasteiger partial charge < -0.3 is 14.8 Å². The Hall–Kier alpha value is -2.27. The fraction of sp³-hybridized carbons (Fsp3) is 0.105. The van der Waals surface area contributed by atoms with Crippen molar-refractivity contribution in [2.45, 2.75) is 13.5 Å². The van der Waals surface area contributed by atoms with E-state index in [2.05, 4.69) is 5.32 Å². The zero-order valence-corrected chi connectivity index (χ0v) is 14.9. The molecule has 0 saturated carbocycles. The number of benzene rings is 2. The molecule has 0 fully saturated rings. The number of rotatable bonds is 4. The Balaban J connectivity index is 1.80. The summed E-state index contributed by atoms with van der Waals surface area (Å²) in [7, 11) is 0. The lowest BCUT2D eigenvalue weighted by Gasteiger charge is -2.09. The molecule has 1 amide bonds. The number of amides is 1. The zero-order valence-electron chi connectivity index (χ0n) is 13.3. The van der Waals surface area contributed by atoms with E-state index in [1.807, 2.05) is 25.1 Å². The highest BCUT2D eigenvalue weighted by atomic mass is 35.5. The van der Waals surface area contributed by atoms with Crippen molar-refractivity contribution in [2.24, 2.45) is 0 Å². The van der Waals surface area contributed by atoms with Crippen molar-refractivity contribution < 1.29 is 14.3 Å². The lowest BCUT2D eigenvalue weighted by atomic mass is 10.1. The average Bonchev–Trinajstić information content (AvgIpc) is 3.06. The zero-order chi connectivity index (χ0) is 18.0. The van der Waals surface area contributed by atoms with Gasteiger partial charge in [0.2, 0.25) is 0 Å². The van der Waals surface area contributed by atoms with Crippen molar-refractivity contribution in [1.82, 2.24) is 0 Å². The van der Waals surface area contributed by atoms with Gasteiger partial charge in [0.25, 0.3) is 5.91 Å². The molecule has 1 heterocycles. The maximum atomic E-state index is 12.3. The predicted molar refractivity (Wildman–Crippen MR) is 99.2 cm³/mol. The van der Waals surface area contributed by atoms with Gasteiger partial charge in [-0.25, -0.2) is 0 Å². The van der Waals surface area contributed by atoms with Gasteiger partial charge in [0.1, 0.15) is 18.1 Å². The molecule has 2 aromatic carbocycles. The molecular weight excluding hydrogens is 361 g/mol. The first-order valence-electron chi connectivity index (χ1n) is 7.55. The predicted octanol–water partition coefficient (Wildman–Crippen LogP) is 5.31. The second kappa shape index (κ2) is 7.31. The summed E-state index contributed by atoms with van der Waals surface area (Å²) in [5.74, 6) is 0.904. The Labute approximate surface area is 155 Å². The summed E-state index contributed by atoms with van der Waals surface area (Å²) < 4.78 is 5.55. The molecule has 0 unspecified atom stereocenters. The highest BCUT2D eigenvalue weighted by Crippen LogP contribution is 2.28. The van der Waals surface area contributed by atoms with Crippen LogP contribution in [0.4, 0.5) is 5.69 Å². The van der Waals surface area contributed by atoms with Crippen LogP contribution in [0.5, 0.6) is 0 Å². The molecule has 3 aromatic rings. The van der Waals surface area contributed by atoms with Crippen molar-refractivity contribution in [2.75, 3.05) is 5.32 Å². The highest BCUT2D eigenvalue weighted by Gasteiger charge is 2.11. The van der Waals surface area contributed by atoms with Crippen molar-refractivity contribution in [1.29, 1.82) is 0 Å². The summed E-state index contributed by atoms with van der Waals surface area (Å²) >= 11 is 11.8. The molecule has 128 valence electrons. The second-order valence-electron chi connectivity index (χ2n) is 5.54. The first-order valence-corrected chi connectivity index (χ1v) is 8.30. The van der Waals surface area contributed by atoms with E-state index in [0.717, 1.165) is 11.1 Å². The molecular formula is C19H15Cl2NO3. The maximum Gasteiger partial charge on any atom is 0.255 e. The Morgan fingerprint density at radius 1 is 1.08 bits per heavy atom. The van der Waals surface area contributed by atoms with Crippen LogP contribution < -0.4 is 5.32 Å². The molecule has 0 spiro atoms. The van der Waals surface area contributed by atoms with E-state index >= 15 is 0 Å². The Morgan fingerprint density at radius 2 is 1.88 bits per heavy atom. The molecule has 25 heavy (non-hydrogen) atoms. The minimum Gasteiger partial charge on any atom is -0.459 e. The molecule has 0 radical (unpaired) electrons. The minimum absolute atomic E-state index is 0.142. The third-order valence-electron chi connectivity index (χ3n) is 3.75. The monoisotopic (exact) mass is 375 g/mol. The van der Waals surface area contributed by atoms with Gasteiger partial charge in [-0.15, -0.1) is 0 Å². The lowest BCUT2D eigenvalue weighted by Crippen LogP contribution is -2.12. The van der Waals surface area contributed by atoms with E-state index in [4.69, 9.17) is 32.7 Å². The van der Waals surface area contributed by atoms with Crippen LogP contribution in [-0.4, -0.2) is 11.0 Å². The Bertz CT molecular complexity index is 934. The van der Waals surface area contributed by atoms with E-state index in [1.54, 1.807) is 24.3 Å². The number of nitrogens with one attached hydrogen (secondary N) is 1. The first kappa shape index (κ1) is 17.5. The van der Waals surface area contributed by atoms with Crippen LogP contribution in [-0.2, 0) is 6.61 Å². The van der Waals surface area contributed by atoms with Gasteiger partial charge in [0.15, 0.2) is 0 Å². The van der Waals surface area contributed by atoms with E-state index in [0.29, 0.717) is 32.8 Å².